The molecule has 8 heteroatoms. The number of amides is 4. The molecule has 0 aromatic heterocycles. The first kappa shape index (κ1) is 21.2. The van der Waals surface area contributed by atoms with Gasteiger partial charge in [0.15, 0.2) is 0 Å². The first-order valence-corrected chi connectivity index (χ1v) is 9.64. The molecule has 0 spiro atoms. The molecule has 1 aliphatic rings. The van der Waals surface area contributed by atoms with Gasteiger partial charge in [0.05, 0.1) is 20.3 Å². The van der Waals surface area contributed by atoms with Crippen molar-refractivity contribution >= 4 is 23.5 Å². The number of anilines is 1. The molecule has 0 unspecified atom stereocenters. The van der Waals surface area contributed by atoms with Crippen LogP contribution in [0.2, 0.25) is 0 Å². The lowest BCUT2D eigenvalue weighted by molar-refractivity contribution is -0.129. The van der Waals surface area contributed by atoms with Gasteiger partial charge in [-0.15, -0.1) is 0 Å². The first-order chi connectivity index (χ1) is 14.4. The number of hydrogen-bond acceptors (Lipinski definition) is 5. The molecule has 3 rings (SSSR count). The number of ether oxygens (including phenoxy) is 2. The van der Waals surface area contributed by atoms with Gasteiger partial charge in [-0.05, 0) is 18.9 Å². The Kier molecular flexibility index (Phi) is 6.56. The van der Waals surface area contributed by atoms with E-state index in [1.54, 1.807) is 25.1 Å². The summed E-state index contributed by atoms with van der Waals surface area (Å²) in [5, 5.41) is 5.44. The van der Waals surface area contributed by atoms with Crippen LogP contribution < -0.4 is 20.1 Å². The highest BCUT2D eigenvalue weighted by Gasteiger charge is 2.40. The maximum Gasteiger partial charge on any atom is 0.325 e. The number of imide groups is 1. The van der Waals surface area contributed by atoms with Crippen molar-refractivity contribution in [2.24, 2.45) is 0 Å². The zero-order valence-electron chi connectivity index (χ0n) is 17.2. The highest BCUT2D eigenvalue weighted by atomic mass is 16.5. The third-order valence-corrected chi connectivity index (χ3v) is 5.02. The summed E-state index contributed by atoms with van der Waals surface area (Å²) in [5.74, 6) is 0.496. The van der Waals surface area contributed by atoms with E-state index in [-0.39, 0.29) is 30.7 Å². The van der Waals surface area contributed by atoms with Crippen molar-refractivity contribution in [3.8, 4) is 11.5 Å². The molecule has 0 saturated carbocycles. The quantitative estimate of drug-likeness (QED) is 0.651. The number of nitrogens with one attached hydrogen (secondary N) is 2. The summed E-state index contributed by atoms with van der Waals surface area (Å²) in [7, 11) is 3.05. The summed E-state index contributed by atoms with van der Waals surface area (Å²) < 4.78 is 10.4. The van der Waals surface area contributed by atoms with Gasteiger partial charge >= 0.3 is 6.03 Å². The van der Waals surface area contributed by atoms with Crippen molar-refractivity contribution in [1.29, 1.82) is 0 Å². The molecule has 30 heavy (non-hydrogen) atoms. The molecule has 158 valence electrons. The minimum atomic E-state index is -0.728. The van der Waals surface area contributed by atoms with Crippen LogP contribution in [0.4, 0.5) is 10.5 Å². The lowest BCUT2D eigenvalue weighted by Crippen LogP contribution is -2.34. The van der Waals surface area contributed by atoms with Crippen LogP contribution in [0.15, 0.2) is 48.5 Å². The Labute approximate surface area is 175 Å². The van der Waals surface area contributed by atoms with Gasteiger partial charge in [-0.1, -0.05) is 30.3 Å². The van der Waals surface area contributed by atoms with Crippen molar-refractivity contribution in [3.63, 3.8) is 0 Å². The predicted molar refractivity (Wildman–Crippen MR) is 111 cm³/mol. The van der Waals surface area contributed by atoms with Gasteiger partial charge in [-0.3, -0.25) is 14.5 Å². The molecule has 2 aromatic rings. The Bertz CT molecular complexity index is 909. The molecule has 8 nitrogen and oxygen atoms in total. The topological polar surface area (TPSA) is 97.0 Å². The van der Waals surface area contributed by atoms with Crippen LogP contribution in [-0.4, -0.2) is 43.0 Å². The van der Waals surface area contributed by atoms with Gasteiger partial charge < -0.3 is 20.1 Å². The number of rotatable bonds is 8. The van der Waals surface area contributed by atoms with E-state index in [4.69, 9.17) is 9.47 Å². The molecule has 1 heterocycles. The van der Waals surface area contributed by atoms with Crippen molar-refractivity contribution in [2.45, 2.75) is 31.8 Å². The smallest absolute Gasteiger partial charge is 0.325 e. The molecule has 2 atom stereocenters. The zero-order chi connectivity index (χ0) is 21.7. The molecular weight excluding hydrogens is 386 g/mol. The number of benzene rings is 2. The zero-order valence-corrected chi connectivity index (χ0v) is 17.2. The molecule has 1 fully saturated rings. The summed E-state index contributed by atoms with van der Waals surface area (Å²) in [6.07, 6.45) is 0.277. The van der Waals surface area contributed by atoms with E-state index in [2.05, 4.69) is 10.6 Å². The van der Waals surface area contributed by atoms with E-state index in [9.17, 15) is 14.4 Å². The van der Waals surface area contributed by atoms with E-state index < -0.39 is 12.1 Å². The first-order valence-electron chi connectivity index (χ1n) is 9.64. The normalized spacial score (nSPS) is 16.8. The van der Waals surface area contributed by atoms with Gasteiger partial charge in [0, 0.05) is 30.3 Å². The molecule has 4 amide bonds. The second-order valence-corrected chi connectivity index (χ2v) is 6.99. The molecule has 1 saturated heterocycles. The maximum absolute atomic E-state index is 12.7. The number of methoxy groups -OCH3 is 2. The average Bonchev–Trinajstić information content (AvgIpc) is 3.05. The van der Waals surface area contributed by atoms with E-state index in [1.165, 1.54) is 19.1 Å². The molecule has 2 aromatic carbocycles. The Hall–Kier alpha value is -3.55. The van der Waals surface area contributed by atoms with E-state index >= 15 is 0 Å². The van der Waals surface area contributed by atoms with Gasteiger partial charge in [-0.25, -0.2) is 4.79 Å². The van der Waals surface area contributed by atoms with Gasteiger partial charge in [0.1, 0.15) is 17.5 Å². The van der Waals surface area contributed by atoms with Crippen LogP contribution in [0.3, 0.4) is 0 Å². The molecule has 1 aliphatic heterocycles. The lowest BCUT2D eigenvalue weighted by Gasteiger charge is -2.21. The highest BCUT2D eigenvalue weighted by Crippen LogP contribution is 2.27. The summed E-state index contributed by atoms with van der Waals surface area (Å²) in [5.41, 5.74) is 1.39. The molecule has 0 radical (unpaired) electrons. The number of urea groups is 1. The minimum absolute atomic E-state index is 0.0732. The van der Waals surface area contributed by atoms with Crippen molar-refractivity contribution < 1.29 is 23.9 Å². The maximum atomic E-state index is 12.7. The molecule has 0 aliphatic carbocycles. The summed E-state index contributed by atoms with van der Waals surface area (Å²) in [6.45, 7) is 1.80. The minimum Gasteiger partial charge on any atom is -0.497 e. The van der Waals surface area contributed by atoms with Crippen LogP contribution >= 0.6 is 0 Å². The summed E-state index contributed by atoms with van der Waals surface area (Å²) in [4.78, 5) is 38.7. The van der Waals surface area contributed by atoms with Gasteiger partial charge in [0.25, 0.3) is 5.91 Å². The van der Waals surface area contributed by atoms with Crippen molar-refractivity contribution in [2.75, 3.05) is 19.5 Å². The molecular formula is C22H25N3O5. The third-order valence-electron chi connectivity index (χ3n) is 5.02. The second-order valence-electron chi connectivity index (χ2n) is 6.99. The van der Waals surface area contributed by atoms with Crippen LogP contribution in [-0.2, 0) is 9.59 Å². The van der Waals surface area contributed by atoms with E-state index in [1.807, 2.05) is 30.3 Å². The molecule has 0 bridgehead atoms. The van der Waals surface area contributed by atoms with Gasteiger partial charge in [0.2, 0.25) is 5.91 Å². The van der Waals surface area contributed by atoms with E-state index in [0.717, 1.165) is 5.56 Å². The van der Waals surface area contributed by atoms with E-state index in [0.29, 0.717) is 17.2 Å². The Morgan fingerprint density at radius 2 is 1.73 bits per heavy atom. The fourth-order valence-corrected chi connectivity index (χ4v) is 3.37. The third kappa shape index (κ3) is 4.71. The number of nitrogens with zero attached hydrogens (tertiary/aromatic N) is 1. The molecule has 2 N–H and O–H groups in total. The van der Waals surface area contributed by atoms with Crippen molar-refractivity contribution in [1.82, 2.24) is 10.2 Å². The SMILES string of the molecule is COc1cc(NC(=O)CC[C@@H]2NC(=O)N([C@H](C)c3ccccc3)C2=O)cc(OC)c1. The number of carbonyl (C=O) groups excluding carboxylic acids is 3. The fourth-order valence-electron chi connectivity index (χ4n) is 3.37. The Morgan fingerprint density at radius 1 is 1.10 bits per heavy atom. The standard InChI is InChI=1S/C22H25N3O5/c1-14(15-7-5-4-6-8-15)25-21(27)19(24-22(25)28)9-10-20(26)23-16-11-17(29-2)13-18(12-16)30-3/h4-8,11-14,19H,9-10H2,1-3H3,(H,23,26)(H,24,28)/t14-,19+/m1/s1. The average molecular weight is 411 g/mol. The monoisotopic (exact) mass is 411 g/mol. The van der Waals surface area contributed by atoms with Crippen LogP contribution in [0.5, 0.6) is 11.5 Å². The second kappa shape index (κ2) is 9.30. The fraction of sp³-hybridized carbons (Fsp3) is 0.318. The lowest BCUT2D eigenvalue weighted by atomic mass is 10.1. The Morgan fingerprint density at radius 3 is 2.33 bits per heavy atom. The van der Waals surface area contributed by atoms with Crippen LogP contribution in [0, 0.1) is 0 Å². The predicted octanol–water partition coefficient (Wildman–Crippen LogP) is 3.10. The largest absolute Gasteiger partial charge is 0.497 e. The number of hydrogen-bond donors (Lipinski definition) is 2. The summed E-state index contributed by atoms with van der Waals surface area (Å²) >= 11 is 0. The highest BCUT2D eigenvalue weighted by molar-refractivity contribution is 6.05. The van der Waals surface area contributed by atoms with Gasteiger partial charge in [-0.2, -0.15) is 0 Å². The van der Waals surface area contributed by atoms with Crippen LogP contribution in [0.1, 0.15) is 31.4 Å². The summed E-state index contributed by atoms with van der Waals surface area (Å²) in [6, 6.07) is 12.8. The number of carbonyl (C=O) groups is 3. The van der Waals surface area contributed by atoms with Crippen molar-refractivity contribution in [3.05, 3.63) is 54.1 Å². The van der Waals surface area contributed by atoms with Crippen LogP contribution in [0.25, 0.3) is 0 Å². The Balaban J connectivity index is 1.59.